The monoisotopic (exact) mass is 337 g/mol. The van der Waals surface area contributed by atoms with E-state index in [-0.39, 0.29) is 11.7 Å². The van der Waals surface area contributed by atoms with Crippen LogP contribution in [0.2, 0.25) is 0 Å². The lowest BCUT2D eigenvalue weighted by atomic mass is 10.00. The molecule has 4 rings (SSSR count). The lowest BCUT2D eigenvalue weighted by Gasteiger charge is -2.12. The quantitative estimate of drug-likeness (QED) is 0.776. The molecule has 0 atom stereocenters. The van der Waals surface area contributed by atoms with E-state index in [0.29, 0.717) is 36.4 Å². The molecule has 5 nitrogen and oxygen atoms in total. The first-order valence-corrected chi connectivity index (χ1v) is 8.08. The van der Waals surface area contributed by atoms with Gasteiger partial charge in [-0.1, -0.05) is 17.3 Å². The molecular formula is C19H16FN3O2. The second-order valence-electron chi connectivity index (χ2n) is 6.18. The molecule has 0 spiro atoms. The number of amides is 1. The Morgan fingerprint density at radius 3 is 2.68 bits per heavy atom. The molecule has 1 aliphatic rings. The van der Waals surface area contributed by atoms with Gasteiger partial charge in [0.2, 0.25) is 5.91 Å². The lowest BCUT2D eigenvalue weighted by molar-refractivity contribution is -0.123. The summed E-state index contributed by atoms with van der Waals surface area (Å²) in [6, 6.07) is 11.7. The maximum Gasteiger partial charge on any atom is 0.232 e. The molecule has 1 fully saturated rings. The minimum atomic E-state index is -0.667. The van der Waals surface area contributed by atoms with Crippen LogP contribution >= 0.6 is 0 Å². The summed E-state index contributed by atoms with van der Waals surface area (Å²) in [6.45, 7) is 0.432. The van der Waals surface area contributed by atoms with Crippen LogP contribution in [0.15, 0.2) is 59.4 Å². The van der Waals surface area contributed by atoms with E-state index >= 15 is 0 Å². The highest BCUT2D eigenvalue weighted by atomic mass is 19.1. The Hall–Kier alpha value is -3.02. The number of aromatic nitrogens is 2. The van der Waals surface area contributed by atoms with Crippen LogP contribution in [0, 0.1) is 5.82 Å². The van der Waals surface area contributed by atoms with Crippen LogP contribution in [0.5, 0.6) is 0 Å². The average molecular weight is 337 g/mol. The first-order valence-electron chi connectivity index (χ1n) is 8.08. The van der Waals surface area contributed by atoms with Crippen LogP contribution in [-0.2, 0) is 16.8 Å². The van der Waals surface area contributed by atoms with Crippen molar-refractivity contribution in [1.82, 2.24) is 15.5 Å². The van der Waals surface area contributed by atoms with Crippen LogP contribution in [-0.4, -0.2) is 16.0 Å². The predicted octanol–water partition coefficient (Wildman–Crippen LogP) is 3.22. The molecule has 1 amide bonds. The highest BCUT2D eigenvalue weighted by Crippen LogP contribution is 2.48. The second-order valence-corrected chi connectivity index (χ2v) is 6.18. The van der Waals surface area contributed by atoms with Crippen molar-refractivity contribution in [2.45, 2.75) is 24.8 Å². The zero-order valence-corrected chi connectivity index (χ0v) is 13.4. The molecule has 2 heterocycles. The molecule has 1 saturated carbocycles. The molecule has 0 saturated heterocycles. The summed E-state index contributed by atoms with van der Waals surface area (Å²) in [5.41, 5.74) is 1.21. The Kier molecular flexibility index (Phi) is 3.80. The van der Waals surface area contributed by atoms with Gasteiger partial charge in [0, 0.05) is 25.0 Å². The number of rotatable bonds is 5. The SMILES string of the molecule is O=C(NCc1ccncc1)C1(c2cc(-c3ccccc3F)on2)CC1. The normalized spacial score (nSPS) is 14.9. The van der Waals surface area contributed by atoms with E-state index in [2.05, 4.69) is 15.5 Å². The van der Waals surface area contributed by atoms with Crippen molar-refractivity contribution in [1.29, 1.82) is 0 Å². The van der Waals surface area contributed by atoms with E-state index < -0.39 is 5.41 Å². The van der Waals surface area contributed by atoms with Crippen LogP contribution in [0.3, 0.4) is 0 Å². The smallest absolute Gasteiger partial charge is 0.232 e. The number of nitrogens with one attached hydrogen (secondary N) is 1. The summed E-state index contributed by atoms with van der Waals surface area (Å²) in [4.78, 5) is 16.6. The van der Waals surface area contributed by atoms with Crippen LogP contribution in [0.4, 0.5) is 4.39 Å². The van der Waals surface area contributed by atoms with Gasteiger partial charge in [0.05, 0.1) is 16.7 Å². The lowest BCUT2D eigenvalue weighted by Crippen LogP contribution is -2.34. The summed E-state index contributed by atoms with van der Waals surface area (Å²) in [7, 11) is 0. The zero-order valence-electron chi connectivity index (χ0n) is 13.4. The number of nitrogens with zero attached hydrogens (tertiary/aromatic N) is 2. The summed E-state index contributed by atoms with van der Waals surface area (Å²) >= 11 is 0. The first-order chi connectivity index (χ1) is 12.2. The Morgan fingerprint density at radius 1 is 1.20 bits per heavy atom. The highest BCUT2D eigenvalue weighted by molar-refractivity contribution is 5.91. The predicted molar refractivity (Wildman–Crippen MR) is 88.9 cm³/mol. The Bertz CT molecular complexity index is 904. The number of benzene rings is 1. The first kappa shape index (κ1) is 15.5. The molecule has 0 bridgehead atoms. The fourth-order valence-electron chi connectivity index (χ4n) is 2.87. The molecule has 3 aromatic rings. The van der Waals surface area contributed by atoms with Gasteiger partial charge < -0.3 is 9.84 Å². The van der Waals surface area contributed by atoms with Gasteiger partial charge >= 0.3 is 0 Å². The Balaban J connectivity index is 1.51. The molecular weight excluding hydrogens is 321 g/mol. The minimum Gasteiger partial charge on any atom is -0.356 e. The maximum atomic E-state index is 13.9. The van der Waals surface area contributed by atoms with Gasteiger partial charge in [-0.05, 0) is 42.7 Å². The fraction of sp³-hybridized carbons (Fsp3) is 0.211. The number of pyridine rings is 1. The van der Waals surface area contributed by atoms with E-state index in [1.807, 2.05) is 12.1 Å². The molecule has 1 aromatic carbocycles. The molecule has 2 aromatic heterocycles. The van der Waals surface area contributed by atoms with E-state index in [1.54, 1.807) is 36.7 Å². The molecule has 25 heavy (non-hydrogen) atoms. The van der Waals surface area contributed by atoms with Gasteiger partial charge in [0.1, 0.15) is 5.82 Å². The van der Waals surface area contributed by atoms with Crippen LogP contribution in [0.25, 0.3) is 11.3 Å². The molecule has 126 valence electrons. The number of hydrogen-bond donors (Lipinski definition) is 1. The molecule has 6 heteroatoms. The van der Waals surface area contributed by atoms with Crippen molar-refractivity contribution in [2.75, 3.05) is 0 Å². The zero-order chi connectivity index (χ0) is 17.3. The largest absolute Gasteiger partial charge is 0.356 e. The third-order valence-electron chi connectivity index (χ3n) is 4.53. The molecule has 0 radical (unpaired) electrons. The third-order valence-corrected chi connectivity index (χ3v) is 4.53. The molecule has 0 unspecified atom stereocenters. The minimum absolute atomic E-state index is 0.0855. The Morgan fingerprint density at radius 2 is 1.96 bits per heavy atom. The van der Waals surface area contributed by atoms with Crippen molar-refractivity contribution in [3.63, 3.8) is 0 Å². The molecule has 1 aliphatic carbocycles. The van der Waals surface area contributed by atoms with E-state index in [9.17, 15) is 9.18 Å². The van der Waals surface area contributed by atoms with E-state index in [4.69, 9.17) is 4.52 Å². The number of halogens is 1. The fourth-order valence-corrected chi connectivity index (χ4v) is 2.87. The third kappa shape index (κ3) is 2.91. The Labute approximate surface area is 143 Å². The number of carbonyl (C=O) groups is 1. The van der Waals surface area contributed by atoms with Gasteiger partial charge in [0.15, 0.2) is 5.76 Å². The number of carbonyl (C=O) groups excluding carboxylic acids is 1. The van der Waals surface area contributed by atoms with Crippen molar-refractivity contribution < 1.29 is 13.7 Å². The van der Waals surface area contributed by atoms with Gasteiger partial charge in [-0.15, -0.1) is 0 Å². The van der Waals surface area contributed by atoms with Gasteiger partial charge in [-0.25, -0.2) is 4.39 Å². The summed E-state index contributed by atoms with van der Waals surface area (Å²) < 4.78 is 19.2. The van der Waals surface area contributed by atoms with E-state index in [0.717, 1.165) is 5.56 Å². The summed E-state index contributed by atoms with van der Waals surface area (Å²) in [5.74, 6) is -0.129. The molecule has 0 aliphatic heterocycles. The summed E-state index contributed by atoms with van der Waals surface area (Å²) in [5, 5.41) is 6.97. The van der Waals surface area contributed by atoms with Crippen LogP contribution in [0.1, 0.15) is 24.1 Å². The van der Waals surface area contributed by atoms with Crippen molar-refractivity contribution >= 4 is 5.91 Å². The van der Waals surface area contributed by atoms with Crippen LogP contribution < -0.4 is 5.32 Å². The summed E-state index contributed by atoms with van der Waals surface area (Å²) in [6.07, 6.45) is 4.79. The van der Waals surface area contributed by atoms with Gasteiger partial charge in [0.25, 0.3) is 0 Å². The standard InChI is InChI=1S/C19H16FN3O2/c20-15-4-2-1-3-14(15)16-11-17(23-25-16)19(7-8-19)18(24)22-12-13-5-9-21-10-6-13/h1-6,9-11H,7-8,12H2,(H,22,24). The number of hydrogen-bond acceptors (Lipinski definition) is 4. The maximum absolute atomic E-state index is 13.9. The second kappa shape index (κ2) is 6.12. The topological polar surface area (TPSA) is 68.0 Å². The van der Waals surface area contributed by atoms with E-state index in [1.165, 1.54) is 6.07 Å². The van der Waals surface area contributed by atoms with Crippen molar-refractivity contribution in [3.05, 3.63) is 71.9 Å². The highest BCUT2D eigenvalue weighted by Gasteiger charge is 2.53. The average Bonchev–Trinajstić information content (AvgIpc) is 3.31. The van der Waals surface area contributed by atoms with Gasteiger partial charge in [-0.2, -0.15) is 0 Å². The molecule has 1 N–H and O–H groups in total. The van der Waals surface area contributed by atoms with Crippen molar-refractivity contribution in [2.24, 2.45) is 0 Å². The van der Waals surface area contributed by atoms with Crippen molar-refractivity contribution in [3.8, 4) is 11.3 Å². The van der Waals surface area contributed by atoms with Gasteiger partial charge in [-0.3, -0.25) is 9.78 Å².